The predicted octanol–water partition coefficient (Wildman–Crippen LogP) is 4.22. The third-order valence-corrected chi connectivity index (χ3v) is 3.66. The van der Waals surface area contributed by atoms with Gasteiger partial charge in [-0.3, -0.25) is 4.79 Å². The second kappa shape index (κ2) is 7.77. The van der Waals surface area contributed by atoms with Crippen molar-refractivity contribution in [3.8, 4) is 11.5 Å². The summed E-state index contributed by atoms with van der Waals surface area (Å²) < 4.78 is 33.5. The van der Waals surface area contributed by atoms with E-state index in [4.69, 9.17) is 4.74 Å². The number of phenols is 1. The van der Waals surface area contributed by atoms with Crippen LogP contribution >= 0.6 is 0 Å². The molecule has 0 bridgehead atoms. The fourth-order valence-electron chi connectivity index (χ4n) is 2.41. The third kappa shape index (κ3) is 3.82. The number of aliphatic carboxylic acids is 1. The summed E-state index contributed by atoms with van der Waals surface area (Å²) in [5.41, 5.74) is 0.469. The summed E-state index contributed by atoms with van der Waals surface area (Å²) in [4.78, 5) is 11.3. The van der Waals surface area contributed by atoms with Crippen LogP contribution in [0.4, 0.5) is 8.78 Å². The van der Waals surface area contributed by atoms with E-state index in [1.54, 1.807) is 31.2 Å². The molecule has 2 aromatic rings. The number of carboxylic acids is 1. The van der Waals surface area contributed by atoms with Crippen molar-refractivity contribution in [2.75, 3.05) is 0 Å². The van der Waals surface area contributed by atoms with Crippen molar-refractivity contribution in [1.29, 1.82) is 0 Å². The van der Waals surface area contributed by atoms with Gasteiger partial charge in [-0.15, -0.1) is 0 Å². The van der Waals surface area contributed by atoms with E-state index in [-0.39, 0.29) is 24.3 Å². The van der Waals surface area contributed by atoms with E-state index < -0.39 is 29.3 Å². The Morgan fingerprint density at radius 3 is 2.46 bits per heavy atom. The molecule has 0 aliphatic rings. The molecule has 2 N–H and O–H groups in total. The SMILES string of the molecule is CCCC(C(=O)O)c1cc(OCc2ccccc2)c(F)c(O)c1F. The molecule has 24 heavy (non-hydrogen) atoms. The minimum Gasteiger partial charge on any atom is -0.503 e. The summed E-state index contributed by atoms with van der Waals surface area (Å²) in [5.74, 6) is -6.53. The number of ether oxygens (including phenoxy) is 1. The molecule has 0 saturated heterocycles. The van der Waals surface area contributed by atoms with Crippen LogP contribution in [0.15, 0.2) is 36.4 Å². The molecule has 2 aromatic carbocycles. The molecule has 0 spiro atoms. The Labute approximate surface area is 138 Å². The van der Waals surface area contributed by atoms with Crippen molar-refractivity contribution in [2.45, 2.75) is 32.3 Å². The lowest BCUT2D eigenvalue weighted by atomic mass is 9.93. The van der Waals surface area contributed by atoms with Gasteiger partial charge in [0.2, 0.25) is 5.82 Å². The van der Waals surface area contributed by atoms with E-state index in [0.717, 1.165) is 11.6 Å². The number of benzene rings is 2. The van der Waals surface area contributed by atoms with Crippen LogP contribution in [0, 0.1) is 11.6 Å². The van der Waals surface area contributed by atoms with Crippen LogP contribution < -0.4 is 4.74 Å². The molecule has 4 nitrogen and oxygen atoms in total. The van der Waals surface area contributed by atoms with E-state index in [9.17, 15) is 23.8 Å². The monoisotopic (exact) mass is 336 g/mol. The molecular formula is C18H18F2O4. The smallest absolute Gasteiger partial charge is 0.311 e. The highest BCUT2D eigenvalue weighted by Gasteiger charge is 2.28. The summed E-state index contributed by atoms with van der Waals surface area (Å²) in [6, 6.07) is 9.92. The van der Waals surface area contributed by atoms with Crippen LogP contribution in [0.1, 0.15) is 36.8 Å². The minimum absolute atomic E-state index is 0.00773. The van der Waals surface area contributed by atoms with Gasteiger partial charge < -0.3 is 14.9 Å². The standard InChI is InChI=1S/C18H18F2O4/c1-2-6-12(18(22)23)13-9-14(16(20)17(21)15(13)19)24-10-11-7-4-3-5-8-11/h3-5,7-9,12,21H,2,6,10H2,1H3,(H,22,23). The Bertz CT molecular complexity index is 717. The second-order valence-electron chi connectivity index (χ2n) is 5.39. The minimum atomic E-state index is -1.26. The average Bonchev–Trinajstić information content (AvgIpc) is 2.58. The van der Waals surface area contributed by atoms with Crippen LogP contribution in [-0.4, -0.2) is 16.2 Å². The zero-order valence-corrected chi connectivity index (χ0v) is 13.1. The predicted molar refractivity (Wildman–Crippen MR) is 84.1 cm³/mol. The molecule has 0 aliphatic carbocycles. The van der Waals surface area contributed by atoms with Crippen molar-refractivity contribution in [3.63, 3.8) is 0 Å². The van der Waals surface area contributed by atoms with Crippen molar-refractivity contribution >= 4 is 5.97 Å². The number of aromatic hydroxyl groups is 1. The zero-order chi connectivity index (χ0) is 17.7. The summed E-state index contributed by atoms with van der Waals surface area (Å²) in [6.07, 6.45) is 0.657. The van der Waals surface area contributed by atoms with Crippen molar-refractivity contribution in [3.05, 3.63) is 59.2 Å². The molecule has 0 amide bonds. The normalized spacial score (nSPS) is 12.0. The van der Waals surface area contributed by atoms with Crippen LogP contribution in [0.2, 0.25) is 0 Å². The van der Waals surface area contributed by atoms with Gasteiger partial charge in [-0.25, -0.2) is 4.39 Å². The molecule has 2 rings (SSSR count). The van der Waals surface area contributed by atoms with Gasteiger partial charge in [-0.1, -0.05) is 43.7 Å². The molecule has 0 fully saturated rings. The van der Waals surface area contributed by atoms with Crippen LogP contribution in [0.5, 0.6) is 11.5 Å². The van der Waals surface area contributed by atoms with Gasteiger partial charge in [-0.05, 0) is 18.1 Å². The summed E-state index contributed by atoms with van der Waals surface area (Å²) in [7, 11) is 0. The number of rotatable bonds is 7. The lowest BCUT2D eigenvalue weighted by molar-refractivity contribution is -0.139. The summed E-state index contributed by atoms with van der Waals surface area (Å²) in [6.45, 7) is 1.76. The molecule has 1 unspecified atom stereocenters. The van der Waals surface area contributed by atoms with Gasteiger partial charge >= 0.3 is 5.97 Å². The Hall–Kier alpha value is -2.63. The second-order valence-corrected chi connectivity index (χ2v) is 5.39. The van der Waals surface area contributed by atoms with E-state index in [1.807, 2.05) is 6.07 Å². The van der Waals surface area contributed by atoms with E-state index in [0.29, 0.717) is 6.42 Å². The Kier molecular flexibility index (Phi) is 5.73. The maximum atomic E-state index is 14.1. The Morgan fingerprint density at radius 2 is 1.88 bits per heavy atom. The zero-order valence-electron chi connectivity index (χ0n) is 13.1. The Balaban J connectivity index is 2.36. The first-order valence-corrected chi connectivity index (χ1v) is 7.56. The molecule has 0 aromatic heterocycles. The van der Waals surface area contributed by atoms with Gasteiger partial charge in [0.1, 0.15) is 6.61 Å². The van der Waals surface area contributed by atoms with E-state index >= 15 is 0 Å². The number of halogens is 2. The molecule has 0 aliphatic heterocycles. The van der Waals surface area contributed by atoms with Gasteiger partial charge in [0.05, 0.1) is 5.92 Å². The van der Waals surface area contributed by atoms with Crippen molar-refractivity contribution in [2.24, 2.45) is 0 Å². The number of carboxylic acid groups (broad SMARTS) is 1. The third-order valence-electron chi connectivity index (χ3n) is 3.66. The first kappa shape index (κ1) is 17.7. The van der Waals surface area contributed by atoms with Crippen LogP contribution in [-0.2, 0) is 11.4 Å². The fraction of sp³-hybridized carbons (Fsp3) is 0.278. The largest absolute Gasteiger partial charge is 0.503 e. The topological polar surface area (TPSA) is 66.8 Å². The lowest BCUT2D eigenvalue weighted by Gasteiger charge is -2.16. The Morgan fingerprint density at radius 1 is 1.21 bits per heavy atom. The van der Waals surface area contributed by atoms with Crippen molar-refractivity contribution < 1.29 is 28.5 Å². The highest BCUT2D eigenvalue weighted by molar-refractivity contribution is 5.76. The van der Waals surface area contributed by atoms with Crippen molar-refractivity contribution in [1.82, 2.24) is 0 Å². The summed E-state index contributed by atoms with van der Waals surface area (Å²) in [5, 5.41) is 18.9. The number of hydrogen-bond donors (Lipinski definition) is 2. The number of phenolic OH excluding ortho intramolecular Hbond substituents is 1. The maximum absolute atomic E-state index is 14.1. The molecule has 6 heteroatoms. The highest BCUT2D eigenvalue weighted by Crippen LogP contribution is 2.36. The first-order valence-electron chi connectivity index (χ1n) is 7.56. The number of hydrogen-bond acceptors (Lipinski definition) is 3. The molecular weight excluding hydrogens is 318 g/mol. The van der Waals surface area contributed by atoms with Gasteiger partial charge in [0, 0.05) is 5.56 Å². The van der Waals surface area contributed by atoms with E-state index in [1.165, 1.54) is 0 Å². The maximum Gasteiger partial charge on any atom is 0.311 e. The summed E-state index contributed by atoms with van der Waals surface area (Å²) >= 11 is 0. The average molecular weight is 336 g/mol. The van der Waals surface area contributed by atoms with Gasteiger partial charge in [0.15, 0.2) is 17.3 Å². The highest BCUT2D eigenvalue weighted by atomic mass is 19.1. The molecule has 0 saturated carbocycles. The molecule has 1 atom stereocenters. The number of carbonyl (C=O) groups is 1. The first-order chi connectivity index (χ1) is 11.5. The molecule has 0 radical (unpaired) electrons. The van der Waals surface area contributed by atoms with Gasteiger partial charge in [-0.2, -0.15) is 4.39 Å². The molecule has 0 heterocycles. The van der Waals surface area contributed by atoms with E-state index in [2.05, 4.69) is 0 Å². The molecule has 128 valence electrons. The van der Waals surface area contributed by atoms with Gasteiger partial charge in [0.25, 0.3) is 0 Å². The quantitative estimate of drug-likeness (QED) is 0.794. The van der Waals surface area contributed by atoms with Crippen LogP contribution in [0.3, 0.4) is 0 Å². The lowest BCUT2D eigenvalue weighted by Crippen LogP contribution is -2.14. The fourth-order valence-corrected chi connectivity index (χ4v) is 2.41. The van der Waals surface area contributed by atoms with Crippen LogP contribution in [0.25, 0.3) is 0 Å².